The number of hydrogen-bond acceptors (Lipinski definition) is 5. The van der Waals surface area contributed by atoms with Crippen molar-refractivity contribution in [2.45, 2.75) is 13.5 Å². The number of phenols is 1. The second kappa shape index (κ2) is 6.08. The standard InChI is InChI=1S/C14H15N3O4/c1-9-6-17(8-15-9)7-13(19)16-10-3-4-11(12(18)5-10)14(20)21-2/h3-6,8,18H,7H2,1-2H3,(H,16,19). The number of anilines is 1. The number of imidazole rings is 1. The monoisotopic (exact) mass is 289 g/mol. The first-order valence-corrected chi connectivity index (χ1v) is 6.19. The van der Waals surface area contributed by atoms with Crippen LogP contribution in [0.15, 0.2) is 30.7 Å². The lowest BCUT2D eigenvalue weighted by atomic mass is 10.2. The maximum Gasteiger partial charge on any atom is 0.341 e. The Morgan fingerprint density at radius 3 is 2.76 bits per heavy atom. The topological polar surface area (TPSA) is 93.5 Å². The summed E-state index contributed by atoms with van der Waals surface area (Å²) in [5.41, 5.74) is 1.26. The van der Waals surface area contributed by atoms with Crippen LogP contribution in [0.1, 0.15) is 16.1 Å². The van der Waals surface area contributed by atoms with Gasteiger partial charge in [-0.2, -0.15) is 0 Å². The molecule has 7 heteroatoms. The maximum absolute atomic E-state index is 11.8. The fourth-order valence-corrected chi connectivity index (χ4v) is 1.82. The van der Waals surface area contributed by atoms with Gasteiger partial charge in [0.05, 0.1) is 19.1 Å². The Labute approximate surface area is 121 Å². The molecule has 0 radical (unpaired) electrons. The number of methoxy groups -OCH3 is 1. The third-order valence-corrected chi connectivity index (χ3v) is 2.78. The molecule has 2 aromatic rings. The Kier molecular flexibility index (Phi) is 4.22. The van der Waals surface area contributed by atoms with Gasteiger partial charge in [0.2, 0.25) is 5.91 Å². The van der Waals surface area contributed by atoms with Crippen LogP contribution in [0.3, 0.4) is 0 Å². The predicted octanol–water partition coefficient (Wildman–Crippen LogP) is 1.32. The molecule has 110 valence electrons. The van der Waals surface area contributed by atoms with Gasteiger partial charge < -0.3 is 19.7 Å². The number of benzene rings is 1. The van der Waals surface area contributed by atoms with E-state index in [0.717, 1.165) is 5.69 Å². The average Bonchev–Trinajstić information content (AvgIpc) is 2.83. The van der Waals surface area contributed by atoms with Crippen LogP contribution >= 0.6 is 0 Å². The summed E-state index contributed by atoms with van der Waals surface area (Å²) in [6.07, 6.45) is 3.31. The number of aromatic hydroxyl groups is 1. The molecule has 0 aliphatic rings. The van der Waals surface area contributed by atoms with E-state index in [-0.39, 0.29) is 23.8 Å². The highest BCUT2D eigenvalue weighted by Crippen LogP contribution is 2.22. The number of esters is 1. The largest absolute Gasteiger partial charge is 0.507 e. The molecule has 2 N–H and O–H groups in total. The predicted molar refractivity (Wildman–Crippen MR) is 75.0 cm³/mol. The van der Waals surface area contributed by atoms with Crippen molar-refractivity contribution < 1.29 is 19.4 Å². The fourth-order valence-electron chi connectivity index (χ4n) is 1.82. The summed E-state index contributed by atoms with van der Waals surface area (Å²) < 4.78 is 6.17. The van der Waals surface area contributed by atoms with E-state index >= 15 is 0 Å². The second-order valence-electron chi connectivity index (χ2n) is 4.46. The molecule has 1 amide bonds. The number of carbonyl (C=O) groups is 2. The van der Waals surface area contributed by atoms with Gasteiger partial charge in [0.25, 0.3) is 0 Å². The summed E-state index contributed by atoms with van der Waals surface area (Å²) in [6.45, 7) is 1.94. The number of aryl methyl sites for hydroxylation is 1. The molecule has 0 unspecified atom stereocenters. The van der Waals surface area contributed by atoms with E-state index in [1.807, 2.05) is 6.92 Å². The van der Waals surface area contributed by atoms with Crippen LogP contribution in [0.4, 0.5) is 5.69 Å². The van der Waals surface area contributed by atoms with Crippen LogP contribution < -0.4 is 5.32 Å². The zero-order valence-corrected chi connectivity index (χ0v) is 11.7. The summed E-state index contributed by atoms with van der Waals surface area (Å²) in [7, 11) is 1.23. The summed E-state index contributed by atoms with van der Waals surface area (Å²) in [4.78, 5) is 27.2. The molecule has 0 saturated heterocycles. The Morgan fingerprint density at radius 1 is 1.43 bits per heavy atom. The summed E-state index contributed by atoms with van der Waals surface area (Å²) in [6, 6.07) is 4.20. The molecule has 7 nitrogen and oxygen atoms in total. The van der Waals surface area contributed by atoms with E-state index < -0.39 is 5.97 Å². The van der Waals surface area contributed by atoms with Gasteiger partial charge in [0, 0.05) is 18.0 Å². The molecule has 0 aliphatic carbocycles. The average molecular weight is 289 g/mol. The summed E-state index contributed by atoms with van der Waals surface area (Å²) >= 11 is 0. The zero-order valence-electron chi connectivity index (χ0n) is 11.7. The van der Waals surface area contributed by atoms with Crippen LogP contribution in [0, 0.1) is 6.92 Å². The van der Waals surface area contributed by atoms with Crippen molar-refractivity contribution in [3.05, 3.63) is 42.0 Å². The SMILES string of the molecule is COC(=O)c1ccc(NC(=O)Cn2cnc(C)c2)cc1O. The second-order valence-corrected chi connectivity index (χ2v) is 4.46. The van der Waals surface area contributed by atoms with Gasteiger partial charge >= 0.3 is 5.97 Å². The van der Waals surface area contributed by atoms with Crippen LogP contribution in [-0.4, -0.2) is 33.6 Å². The number of ether oxygens (including phenoxy) is 1. The minimum Gasteiger partial charge on any atom is -0.507 e. The molecule has 2 rings (SSSR count). The van der Waals surface area contributed by atoms with Crippen molar-refractivity contribution in [1.29, 1.82) is 0 Å². The number of rotatable bonds is 4. The minimum atomic E-state index is -0.640. The number of aromatic nitrogens is 2. The quantitative estimate of drug-likeness (QED) is 0.828. The third-order valence-electron chi connectivity index (χ3n) is 2.78. The van der Waals surface area contributed by atoms with E-state index in [2.05, 4.69) is 15.0 Å². The number of nitrogens with zero attached hydrogens (tertiary/aromatic N) is 2. The molecule has 0 atom stereocenters. The number of phenolic OH excluding ortho intramolecular Hbond substituents is 1. The molecular formula is C14H15N3O4. The van der Waals surface area contributed by atoms with Crippen LogP contribution in [0.25, 0.3) is 0 Å². The molecule has 1 aromatic carbocycles. The van der Waals surface area contributed by atoms with E-state index in [1.54, 1.807) is 17.1 Å². The summed E-state index contributed by atoms with van der Waals surface area (Å²) in [5.74, 6) is -1.16. The lowest BCUT2D eigenvalue weighted by Crippen LogP contribution is -2.18. The molecular weight excluding hydrogens is 274 g/mol. The summed E-state index contributed by atoms with van der Waals surface area (Å²) in [5, 5.41) is 12.4. The third kappa shape index (κ3) is 3.59. The molecule has 21 heavy (non-hydrogen) atoms. The van der Waals surface area contributed by atoms with Crippen LogP contribution in [0.2, 0.25) is 0 Å². The van der Waals surface area contributed by atoms with Gasteiger partial charge in [-0.1, -0.05) is 0 Å². The normalized spacial score (nSPS) is 10.2. The van der Waals surface area contributed by atoms with E-state index in [9.17, 15) is 14.7 Å². The Balaban J connectivity index is 2.04. The number of hydrogen-bond donors (Lipinski definition) is 2. The van der Waals surface area contributed by atoms with Crippen molar-refractivity contribution >= 4 is 17.6 Å². The lowest BCUT2D eigenvalue weighted by Gasteiger charge is -2.08. The van der Waals surface area contributed by atoms with Crippen LogP contribution in [-0.2, 0) is 16.1 Å². The number of nitrogens with one attached hydrogen (secondary N) is 1. The van der Waals surface area contributed by atoms with Crippen molar-refractivity contribution in [1.82, 2.24) is 9.55 Å². The first kappa shape index (κ1) is 14.6. The first-order chi connectivity index (χ1) is 9.99. The van der Waals surface area contributed by atoms with Crippen LogP contribution in [0.5, 0.6) is 5.75 Å². The maximum atomic E-state index is 11.8. The van der Waals surface area contributed by atoms with Gasteiger partial charge in [0.1, 0.15) is 17.9 Å². The van der Waals surface area contributed by atoms with Gasteiger partial charge in [0.15, 0.2) is 0 Å². The van der Waals surface area contributed by atoms with E-state index in [4.69, 9.17) is 0 Å². The lowest BCUT2D eigenvalue weighted by molar-refractivity contribution is -0.116. The number of amides is 1. The van der Waals surface area contributed by atoms with Crippen molar-refractivity contribution in [3.8, 4) is 5.75 Å². The highest BCUT2D eigenvalue weighted by atomic mass is 16.5. The van der Waals surface area contributed by atoms with E-state index in [0.29, 0.717) is 5.69 Å². The molecule has 0 bridgehead atoms. The fraction of sp³-hybridized carbons (Fsp3) is 0.214. The van der Waals surface area contributed by atoms with Gasteiger partial charge in [-0.05, 0) is 19.1 Å². The first-order valence-electron chi connectivity index (χ1n) is 6.19. The van der Waals surface area contributed by atoms with Gasteiger partial charge in [-0.25, -0.2) is 9.78 Å². The zero-order chi connectivity index (χ0) is 15.4. The number of carbonyl (C=O) groups excluding carboxylic acids is 2. The Morgan fingerprint density at radius 2 is 2.19 bits per heavy atom. The smallest absolute Gasteiger partial charge is 0.341 e. The van der Waals surface area contributed by atoms with Gasteiger partial charge in [-0.15, -0.1) is 0 Å². The Hall–Kier alpha value is -2.83. The van der Waals surface area contributed by atoms with E-state index in [1.165, 1.54) is 25.3 Å². The molecule has 0 saturated carbocycles. The highest BCUT2D eigenvalue weighted by Gasteiger charge is 2.12. The Bertz CT molecular complexity index is 679. The minimum absolute atomic E-state index is 0.0423. The molecule has 0 fully saturated rings. The highest BCUT2D eigenvalue weighted by molar-refractivity contribution is 5.95. The van der Waals surface area contributed by atoms with Crippen molar-refractivity contribution in [3.63, 3.8) is 0 Å². The van der Waals surface area contributed by atoms with Crippen molar-refractivity contribution in [2.24, 2.45) is 0 Å². The molecule has 0 aliphatic heterocycles. The molecule has 0 spiro atoms. The molecule has 1 heterocycles. The van der Waals surface area contributed by atoms with Gasteiger partial charge in [-0.3, -0.25) is 4.79 Å². The van der Waals surface area contributed by atoms with Crippen molar-refractivity contribution in [2.75, 3.05) is 12.4 Å². The molecule has 1 aromatic heterocycles.